The van der Waals surface area contributed by atoms with Gasteiger partial charge in [-0.1, -0.05) is 60.1 Å². The highest BCUT2D eigenvalue weighted by molar-refractivity contribution is 6.30. The Hall–Kier alpha value is -4.23. The molecule has 4 aromatic rings. The summed E-state index contributed by atoms with van der Waals surface area (Å²) in [5.74, 6) is 1.26. The van der Waals surface area contributed by atoms with Crippen LogP contribution in [0.2, 0.25) is 5.02 Å². The van der Waals surface area contributed by atoms with Gasteiger partial charge in [-0.2, -0.15) is 0 Å². The van der Waals surface area contributed by atoms with Crippen LogP contribution in [0.4, 0.5) is 0 Å². The third kappa shape index (κ3) is 7.65. The predicted molar refractivity (Wildman–Crippen MR) is 150 cm³/mol. The zero-order valence-corrected chi connectivity index (χ0v) is 22.7. The lowest BCUT2D eigenvalue weighted by molar-refractivity contribution is -0.140. The van der Waals surface area contributed by atoms with Gasteiger partial charge in [-0.3, -0.25) is 9.59 Å². The van der Waals surface area contributed by atoms with Gasteiger partial charge in [0.1, 0.15) is 11.8 Å². The summed E-state index contributed by atoms with van der Waals surface area (Å²) < 4.78 is 16.1. The van der Waals surface area contributed by atoms with E-state index in [0.29, 0.717) is 28.7 Å². The van der Waals surface area contributed by atoms with Crippen LogP contribution in [0.25, 0.3) is 0 Å². The van der Waals surface area contributed by atoms with Crippen molar-refractivity contribution in [2.75, 3.05) is 14.2 Å². The number of amides is 2. The van der Waals surface area contributed by atoms with Gasteiger partial charge in [-0.15, -0.1) is 0 Å². The van der Waals surface area contributed by atoms with Gasteiger partial charge in [-0.25, -0.2) is 0 Å². The van der Waals surface area contributed by atoms with E-state index < -0.39 is 6.04 Å². The molecular formula is C31H31ClN2O5. The Morgan fingerprint density at radius 1 is 0.872 bits per heavy atom. The summed E-state index contributed by atoms with van der Waals surface area (Å²) in [6.45, 7) is 0.449. The molecule has 2 amide bonds. The van der Waals surface area contributed by atoms with Crippen LogP contribution in [0.3, 0.4) is 0 Å². The number of carbonyl (C=O) groups excluding carboxylic acids is 2. The maximum absolute atomic E-state index is 13.9. The van der Waals surface area contributed by atoms with Gasteiger partial charge in [0.05, 0.1) is 33.4 Å². The van der Waals surface area contributed by atoms with Crippen LogP contribution in [-0.2, 0) is 35.5 Å². The summed E-state index contributed by atoms with van der Waals surface area (Å²) >= 11 is 6.11. The van der Waals surface area contributed by atoms with Crippen LogP contribution < -0.4 is 14.8 Å². The second kappa shape index (κ2) is 13.5. The minimum absolute atomic E-state index is 0.0741. The average Bonchev–Trinajstić information content (AvgIpc) is 3.49. The number of furan rings is 1. The van der Waals surface area contributed by atoms with Crippen molar-refractivity contribution < 1.29 is 23.5 Å². The number of nitrogens with zero attached hydrogens (tertiary/aromatic N) is 1. The summed E-state index contributed by atoms with van der Waals surface area (Å²) in [7, 11) is 3.11. The lowest BCUT2D eigenvalue weighted by Crippen LogP contribution is -2.50. The lowest BCUT2D eigenvalue weighted by atomic mass is 10.0. The van der Waals surface area contributed by atoms with Crippen LogP contribution in [0.1, 0.15) is 22.5 Å². The number of ether oxygens (including phenoxy) is 2. The number of benzene rings is 3. The van der Waals surface area contributed by atoms with E-state index in [1.807, 2.05) is 48.5 Å². The topological polar surface area (TPSA) is 81.0 Å². The van der Waals surface area contributed by atoms with E-state index in [9.17, 15) is 9.59 Å². The number of nitrogens with one attached hydrogen (secondary N) is 1. The Morgan fingerprint density at radius 2 is 1.59 bits per heavy atom. The smallest absolute Gasteiger partial charge is 0.243 e. The van der Waals surface area contributed by atoms with Gasteiger partial charge in [-0.05, 0) is 53.1 Å². The summed E-state index contributed by atoms with van der Waals surface area (Å²) in [5, 5.41) is 3.54. The highest BCUT2D eigenvalue weighted by Crippen LogP contribution is 2.28. The summed E-state index contributed by atoms with van der Waals surface area (Å²) in [4.78, 5) is 29.2. The van der Waals surface area contributed by atoms with Gasteiger partial charge >= 0.3 is 0 Å². The van der Waals surface area contributed by atoms with Crippen molar-refractivity contribution in [3.05, 3.63) is 119 Å². The normalized spacial score (nSPS) is 11.5. The first-order valence-corrected chi connectivity index (χ1v) is 12.9. The van der Waals surface area contributed by atoms with Crippen molar-refractivity contribution in [1.82, 2.24) is 10.2 Å². The van der Waals surface area contributed by atoms with Crippen LogP contribution >= 0.6 is 11.6 Å². The lowest BCUT2D eigenvalue weighted by Gasteiger charge is -2.31. The fourth-order valence-electron chi connectivity index (χ4n) is 4.31. The molecule has 0 aliphatic carbocycles. The molecule has 8 heteroatoms. The Labute approximate surface area is 233 Å². The molecule has 0 radical (unpaired) electrons. The van der Waals surface area contributed by atoms with Crippen molar-refractivity contribution in [2.45, 2.75) is 32.0 Å². The van der Waals surface area contributed by atoms with Crippen molar-refractivity contribution in [3.8, 4) is 11.5 Å². The van der Waals surface area contributed by atoms with E-state index in [1.165, 1.54) is 0 Å². The van der Waals surface area contributed by atoms with Crippen LogP contribution in [-0.4, -0.2) is 37.0 Å². The molecule has 39 heavy (non-hydrogen) atoms. The molecule has 4 rings (SSSR count). The summed E-state index contributed by atoms with van der Waals surface area (Å²) in [6, 6.07) is 25.1. The van der Waals surface area contributed by atoms with Crippen molar-refractivity contribution in [2.24, 2.45) is 0 Å². The van der Waals surface area contributed by atoms with Crippen molar-refractivity contribution in [1.29, 1.82) is 0 Å². The monoisotopic (exact) mass is 546 g/mol. The molecule has 0 spiro atoms. The Kier molecular flexibility index (Phi) is 9.64. The number of hydrogen-bond acceptors (Lipinski definition) is 5. The molecule has 3 aromatic carbocycles. The van der Waals surface area contributed by atoms with E-state index in [-0.39, 0.29) is 31.3 Å². The molecule has 0 aliphatic rings. The highest BCUT2D eigenvalue weighted by Gasteiger charge is 2.30. The molecule has 1 heterocycles. The Bertz CT molecular complexity index is 1360. The van der Waals surface area contributed by atoms with E-state index in [4.69, 9.17) is 25.5 Å². The molecule has 1 aromatic heterocycles. The summed E-state index contributed by atoms with van der Waals surface area (Å²) in [5.41, 5.74) is 2.54. The number of carbonyl (C=O) groups is 2. The maximum Gasteiger partial charge on any atom is 0.243 e. The molecule has 1 N–H and O–H groups in total. The molecule has 0 saturated heterocycles. The minimum Gasteiger partial charge on any atom is -0.493 e. The molecule has 0 unspecified atom stereocenters. The van der Waals surface area contributed by atoms with Gasteiger partial charge in [0, 0.05) is 18.0 Å². The first-order valence-electron chi connectivity index (χ1n) is 12.6. The fraction of sp³-hybridized carbons (Fsp3) is 0.226. The molecule has 0 aliphatic heterocycles. The van der Waals surface area contributed by atoms with Gasteiger partial charge in [0.25, 0.3) is 0 Å². The zero-order valence-electron chi connectivity index (χ0n) is 21.9. The summed E-state index contributed by atoms with van der Waals surface area (Å²) in [6.07, 6.45) is 1.98. The molecule has 1 atom stereocenters. The third-order valence-corrected chi connectivity index (χ3v) is 6.61. The quantitative estimate of drug-likeness (QED) is 0.255. The Balaban J connectivity index is 1.66. The largest absolute Gasteiger partial charge is 0.493 e. The van der Waals surface area contributed by atoms with Crippen LogP contribution in [0.5, 0.6) is 11.5 Å². The third-order valence-electron chi connectivity index (χ3n) is 6.36. The first-order chi connectivity index (χ1) is 19.0. The maximum atomic E-state index is 13.9. The van der Waals surface area contributed by atoms with Crippen molar-refractivity contribution in [3.63, 3.8) is 0 Å². The number of rotatable bonds is 12. The number of methoxy groups -OCH3 is 2. The number of halogens is 1. The average molecular weight is 547 g/mol. The van der Waals surface area contributed by atoms with E-state index in [0.717, 1.165) is 16.7 Å². The standard InChI is InChI=1S/C31H31ClN2O5/c1-37-28-15-12-24(18-29(28)38-2)19-30(35)34(21-23-10-13-25(32)14-11-23)27(17-22-7-4-3-5-8-22)31(36)33-20-26-9-6-16-39-26/h3-16,18,27H,17,19-21H2,1-2H3,(H,33,36)/t27-/m0/s1. The second-order valence-electron chi connectivity index (χ2n) is 9.02. The fourth-order valence-corrected chi connectivity index (χ4v) is 4.44. The molecule has 0 bridgehead atoms. The predicted octanol–water partition coefficient (Wildman–Crippen LogP) is 5.45. The van der Waals surface area contributed by atoms with E-state index in [2.05, 4.69) is 5.32 Å². The van der Waals surface area contributed by atoms with Gasteiger partial charge in [0.2, 0.25) is 11.8 Å². The molecule has 202 valence electrons. The van der Waals surface area contributed by atoms with Crippen LogP contribution in [0, 0.1) is 0 Å². The van der Waals surface area contributed by atoms with E-state index in [1.54, 1.807) is 61.8 Å². The molecule has 7 nitrogen and oxygen atoms in total. The van der Waals surface area contributed by atoms with Gasteiger partial charge in [0.15, 0.2) is 11.5 Å². The molecular weight excluding hydrogens is 516 g/mol. The van der Waals surface area contributed by atoms with Crippen LogP contribution in [0.15, 0.2) is 95.6 Å². The SMILES string of the molecule is COc1ccc(CC(=O)N(Cc2ccc(Cl)cc2)[C@@H](Cc2ccccc2)C(=O)NCc2ccco2)cc1OC. The van der Waals surface area contributed by atoms with E-state index >= 15 is 0 Å². The van der Waals surface area contributed by atoms with Crippen molar-refractivity contribution >= 4 is 23.4 Å². The zero-order chi connectivity index (χ0) is 27.6. The molecule has 0 fully saturated rings. The first kappa shape index (κ1) is 27.8. The van der Waals surface area contributed by atoms with Gasteiger partial charge < -0.3 is 24.1 Å². The minimum atomic E-state index is -0.773. The second-order valence-corrected chi connectivity index (χ2v) is 9.45. The highest BCUT2D eigenvalue weighted by atomic mass is 35.5. The number of hydrogen-bond donors (Lipinski definition) is 1. The molecule has 0 saturated carbocycles. The Morgan fingerprint density at radius 3 is 2.26 bits per heavy atom.